The second-order valence-electron chi connectivity index (χ2n) is 6.53. The van der Waals surface area contributed by atoms with Gasteiger partial charge in [-0.25, -0.2) is 4.68 Å². The highest BCUT2D eigenvalue weighted by atomic mass is 32.1. The number of rotatable bonds is 5. The molecule has 25 heavy (non-hydrogen) atoms. The maximum atomic E-state index is 12.4. The van der Waals surface area contributed by atoms with E-state index in [2.05, 4.69) is 10.4 Å². The van der Waals surface area contributed by atoms with Crippen LogP contribution in [0.15, 0.2) is 36.4 Å². The van der Waals surface area contributed by atoms with Crippen molar-refractivity contribution in [3.8, 4) is 5.69 Å². The van der Waals surface area contributed by atoms with Gasteiger partial charge in [0.15, 0.2) is 0 Å². The van der Waals surface area contributed by atoms with Gasteiger partial charge >= 0.3 is 5.97 Å². The molecule has 3 rings (SSSR count). The number of carboxylic acid groups (broad SMARTS) is 1. The number of aryl methyl sites for hydroxylation is 1. The summed E-state index contributed by atoms with van der Waals surface area (Å²) in [5.74, 6) is -1.21. The lowest BCUT2D eigenvalue weighted by Gasteiger charge is -2.19. The van der Waals surface area contributed by atoms with Gasteiger partial charge in [-0.2, -0.15) is 5.10 Å². The predicted molar refractivity (Wildman–Crippen MR) is 97.4 cm³/mol. The molecule has 2 N–H and O–H groups in total. The molecular weight excluding hydrogens is 338 g/mol. The van der Waals surface area contributed by atoms with Crippen LogP contribution in [-0.2, 0) is 4.79 Å². The molecule has 7 heteroatoms. The summed E-state index contributed by atoms with van der Waals surface area (Å²) >= 11 is 1.35. The maximum absolute atomic E-state index is 12.4. The first-order valence-corrected chi connectivity index (χ1v) is 8.67. The summed E-state index contributed by atoms with van der Waals surface area (Å²) in [6.45, 7) is 5.14. The zero-order chi connectivity index (χ0) is 18.2. The fraction of sp³-hybridized carbons (Fsp3) is 0.278. The zero-order valence-corrected chi connectivity index (χ0v) is 15.1. The van der Waals surface area contributed by atoms with Crippen LogP contribution >= 0.6 is 11.3 Å². The number of thiophene rings is 1. The predicted octanol–water partition coefficient (Wildman–Crippen LogP) is 3.24. The molecule has 0 atom stereocenters. The van der Waals surface area contributed by atoms with Crippen LogP contribution in [0.4, 0.5) is 0 Å². The third-order valence-corrected chi connectivity index (χ3v) is 5.15. The standard InChI is InChI=1S/C18H19N3O3S/c1-11-13-9-14(15(22)19-10-18(2,3)17(23)24)25-16(13)21(20-11)12-7-5-4-6-8-12/h4-9H,10H2,1-3H3,(H,19,22)(H,23,24). The van der Waals surface area contributed by atoms with E-state index in [4.69, 9.17) is 5.11 Å². The van der Waals surface area contributed by atoms with Crippen molar-refractivity contribution in [3.63, 3.8) is 0 Å². The molecule has 0 aliphatic heterocycles. The number of hydrogen-bond acceptors (Lipinski definition) is 4. The van der Waals surface area contributed by atoms with E-state index in [1.54, 1.807) is 13.8 Å². The first-order valence-electron chi connectivity index (χ1n) is 7.86. The number of benzene rings is 1. The largest absolute Gasteiger partial charge is 0.481 e. The van der Waals surface area contributed by atoms with Crippen molar-refractivity contribution in [1.29, 1.82) is 0 Å². The van der Waals surface area contributed by atoms with Crippen molar-refractivity contribution in [3.05, 3.63) is 47.0 Å². The smallest absolute Gasteiger partial charge is 0.310 e. The number of nitrogens with one attached hydrogen (secondary N) is 1. The van der Waals surface area contributed by atoms with Gasteiger partial charge < -0.3 is 10.4 Å². The molecule has 0 bridgehead atoms. The second-order valence-corrected chi connectivity index (χ2v) is 7.56. The Morgan fingerprint density at radius 3 is 2.60 bits per heavy atom. The number of aliphatic carboxylic acids is 1. The molecule has 0 unspecified atom stereocenters. The Hall–Kier alpha value is -2.67. The van der Waals surface area contributed by atoms with E-state index in [0.717, 1.165) is 21.6 Å². The number of carbonyl (C=O) groups excluding carboxylic acids is 1. The minimum atomic E-state index is -1.01. The van der Waals surface area contributed by atoms with Gasteiger partial charge in [-0.3, -0.25) is 9.59 Å². The highest BCUT2D eigenvalue weighted by Gasteiger charge is 2.28. The van der Waals surface area contributed by atoms with E-state index in [-0.39, 0.29) is 12.5 Å². The van der Waals surface area contributed by atoms with Crippen molar-refractivity contribution >= 4 is 33.4 Å². The lowest BCUT2D eigenvalue weighted by molar-refractivity contribution is -0.146. The monoisotopic (exact) mass is 357 g/mol. The third-order valence-electron chi connectivity index (χ3n) is 4.04. The van der Waals surface area contributed by atoms with E-state index < -0.39 is 11.4 Å². The van der Waals surface area contributed by atoms with Gasteiger partial charge in [0, 0.05) is 11.9 Å². The van der Waals surface area contributed by atoms with Gasteiger partial charge in [-0.15, -0.1) is 11.3 Å². The Kier molecular flexibility index (Phi) is 4.34. The zero-order valence-electron chi connectivity index (χ0n) is 14.2. The van der Waals surface area contributed by atoms with Crippen molar-refractivity contribution in [2.45, 2.75) is 20.8 Å². The molecule has 0 spiro atoms. The number of fused-ring (bicyclic) bond motifs is 1. The van der Waals surface area contributed by atoms with Crippen LogP contribution in [-0.4, -0.2) is 33.3 Å². The summed E-state index contributed by atoms with van der Waals surface area (Å²) in [5, 5.41) is 17.3. The molecule has 0 saturated carbocycles. The van der Waals surface area contributed by atoms with Crippen molar-refractivity contribution < 1.29 is 14.7 Å². The van der Waals surface area contributed by atoms with E-state index in [0.29, 0.717) is 4.88 Å². The topological polar surface area (TPSA) is 84.2 Å². The average molecular weight is 357 g/mol. The fourth-order valence-electron chi connectivity index (χ4n) is 2.37. The van der Waals surface area contributed by atoms with Crippen LogP contribution in [0, 0.1) is 12.3 Å². The van der Waals surface area contributed by atoms with Gasteiger partial charge in [0.2, 0.25) is 0 Å². The summed E-state index contributed by atoms with van der Waals surface area (Å²) in [7, 11) is 0. The minimum absolute atomic E-state index is 0.0687. The molecule has 2 aromatic heterocycles. The Morgan fingerprint density at radius 2 is 1.96 bits per heavy atom. The van der Waals surface area contributed by atoms with E-state index in [1.807, 2.05) is 48.0 Å². The van der Waals surface area contributed by atoms with Crippen molar-refractivity contribution in [2.24, 2.45) is 5.41 Å². The summed E-state index contributed by atoms with van der Waals surface area (Å²) in [6, 6.07) is 11.5. The van der Waals surface area contributed by atoms with Crippen LogP contribution in [0.1, 0.15) is 29.2 Å². The molecule has 1 amide bonds. The number of nitrogens with zero attached hydrogens (tertiary/aromatic N) is 2. The minimum Gasteiger partial charge on any atom is -0.481 e. The number of para-hydroxylation sites is 1. The average Bonchev–Trinajstić information content (AvgIpc) is 3.14. The van der Waals surface area contributed by atoms with Crippen LogP contribution in [0.3, 0.4) is 0 Å². The van der Waals surface area contributed by atoms with Crippen LogP contribution < -0.4 is 5.32 Å². The van der Waals surface area contributed by atoms with Crippen LogP contribution in [0.5, 0.6) is 0 Å². The molecule has 3 aromatic rings. The highest BCUT2D eigenvalue weighted by molar-refractivity contribution is 7.20. The number of hydrogen-bond donors (Lipinski definition) is 2. The molecule has 0 saturated heterocycles. The number of aromatic nitrogens is 2. The van der Waals surface area contributed by atoms with Gasteiger partial charge in [0.1, 0.15) is 4.83 Å². The number of carboxylic acids is 1. The number of amides is 1. The maximum Gasteiger partial charge on any atom is 0.310 e. The lowest BCUT2D eigenvalue weighted by atomic mass is 9.94. The first-order chi connectivity index (χ1) is 11.8. The Labute approximate surface area is 149 Å². The van der Waals surface area contributed by atoms with Gasteiger partial charge in [0.25, 0.3) is 5.91 Å². The van der Waals surface area contributed by atoms with Crippen LogP contribution in [0.2, 0.25) is 0 Å². The highest BCUT2D eigenvalue weighted by Crippen LogP contribution is 2.30. The molecular formula is C18H19N3O3S. The molecule has 1 aromatic carbocycles. The molecule has 6 nitrogen and oxygen atoms in total. The summed E-state index contributed by atoms with van der Waals surface area (Å²) in [4.78, 5) is 25.0. The summed E-state index contributed by atoms with van der Waals surface area (Å²) < 4.78 is 1.83. The van der Waals surface area contributed by atoms with Crippen LogP contribution in [0.25, 0.3) is 15.9 Å². The fourth-order valence-corrected chi connectivity index (χ4v) is 3.47. The second kappa shape index (κ2) is 6.33. The normalized spacial score (nSPS) is 11.6. The van der Waals surface area contributed by atoms with Gasteiger partial charge in [0.05, 0.1) is 21.7 Å². The van der Waals surface area contributed by atoms with Gasteiger partial charge in [-0.1, -0.05) is 18.2 Å². The Balaban J connectivity index is 1.89. The van der Waals surface area contributed by atoms with Crippen molar-refractivity contribution in [1.82, 2.24) is 15.1 Å². The molecule has 0 radical (unpaired) electrons. The quantitative estimate of drug-likeness (QED) is 0.734. The number of carbonyl (C=O) groups is 2. The molecule has 130 valence electrons. The van der Waals surface area contributed by atoms with E-state index in [1.165, 1.54) is 11.3 Å². The lowest BCUT2D eigenvalue weighted by Crippen LogP contribution is -2.38. The Morgan fingerprint density at radius 1 is 1.28 bits per heavy atom. The van der Waals surface area contributed by atoms with E-state index >= 15 is 0 Å². The molecule has 0 aliphatic rings. The van der Waals surface area contributed by atoms with E-state index in [9.17, 15) is 9.59 Å². The van der Waals surface area contributed by atoms with Crippen molar-refractivity contribution in [2.75, 3.05) is 6.54 Å². The Bertz CT molecular complexity index is 941. The summed E-state index contributed by atoms with van der Waals surface area (Å²) in [5.41, 5.74) is 0.768. The summed E-state index contributed by atoms with van der Waals surface area (Å²) in [6.07, 6.45) is 0. The van der Waals surface area contributed by atoms with Gasteiger partial charge in [-0.05, 0) is 39.0 Å². The molecule has 2 heterocycles. The first kappa shape index (κ1) is 17.2. The SMILES string of the molecule is Cc1nn(-c2ccccc2)c2sc(C(=O)NCC(C)(C)C(=O)O)cc12. The third kappa shape index (κ3) is 3.28. The molecule has 0 fully saturated rings. The molecule has 0 aliphatic carbocycles.